The lowest BCUT2D eigenvalue weighted by molar-refractivity contribution is 0.102. The highest BCUT2D eigenvalue weighted by atomic mass is 16.1. The molecule has 7 heteroatoms. The van der Waals surface area contributed by atoms with Gasteiger partial charge in [0.15, 0.2) is 11.5 Å². The van der Waals surface area contributed by atoms with Crippen LogP contribution in [-0.4, -0.2) is 26.3 Å². The lowest BCUT2D eigenvalue weighted by Crippen LogP contribution is -2.14. The normalized spacial score (nSPS) is 10.6. The molecule has 122 valence electrons. The van der Waals surface area contributed by atoms with Crippen LogP contribution in [0.2, 0.25) is 0 Å². The summed E-state index contributed by atoms with van der Waals surface area (Å²) >= 11 is 0. The molecule has 4 aromatic rings. The van der Waals surface area contributed by atoms with Crippen molar-refractivity contribution in [3.63, 3.8) is 0 Å². The van der Waals surface area contributed by atoms with E-state index in [-0.39, 0.29) is 11.6 Å². The van der Waals surface area contributed by atoms with E-state index in [2.05, 4.69) is 31.0 Å². The van der Waals surface area contributed by atoms with E-state index in [1.807, 2.05) is 48.5 Å². The average Bonchev–Trinajstić information content (AvgIpc) is 3.11. The quantitative estimate of drug-likeness (QED) is 0.533. The minimum Gasteiger partial charge on any atom is -0.339 e. The number of aromatic nitrogens is 4. The van der Waals surface area contributed by atoms with E-state index in [0.29, 0.717) is 11.5 Å². The molecule has 0 spiro atoms. The van der Waals surface area contributed by atoms with Gasteiger partial charge in [0.1, 0.15) is 0 Å². The van der Waals surface area contributed by atoms with Crippen LogP contribution in [0, 0.1) is 0 Å². The summed E-state index contributed by atoms with van der Waals surface area (Å²) < 4.78 is 0. The smallest absolute Gasteiger partial charge is 0.276 e. The van der Waals surface area contributed by atoms with Crippen molar-refractivity contribution in [3.05, 3.63) is 72.6 Å². The second kappa shape index (κ2) is 6.40. The highest BCUT2D eigenvalue weighted by Crippen LogP contribution is 2.19. The average molecular weight is 330 g/mol. The predicted octanol–water partition coefficient (Wildman–Crippen LogP) is 3.35. The lowest BCUT2D eigenvalue weighted by Gasteiger charge is -2.06. The van der Waals surface area contributed by atoms with Crippen molar-refractivity contribution in [2.75, 3.05) is 10.6 Å². The maximum atomic E-state index is 12.2. The summed E-state index contributed by atoms with van der Waals surface area (Å²) in [5.74, 6) is 0.254. The van der Waals surface area contributed by atoms with Crippen molar-refractivity contribution in [1.29, 1.82) is 0 Å². The molecule has 0 aliphatic heterocycles. The van der Waals surface area contributed by atoms with Gasteiger partial charge in [-0.05, 0) is 42.5 Å². The Kier molecular flexibility index (Phi) is 3.80. The van der Waals surface area contributed by atoms with Crippen molar-refractivity contribution in [2.24, 2.45) is 0 Å². The number of nitrogens with zero attached hydrogens (tertiary/aromatic N) is 3. The number of anilines is 3. The molecule has 4 rings (SSSR count). The van der Waals surface area contributed by atoms with Crippen molar-refractivity contribution in [2.45, 2.75) is 0 Å². The maximum Gasteiger partial charge on any atom is 0.276 e. The van der Waals surface area contributed by atoms with E-state index < -0.39 is 0 Å². The number of hydrogen-bond acceptors (Lipinski definition) is 5. The SMILES string of the molecule is O=C(Nc1ccccc1)c1ccc(Nc2ccc3[nH]ncc3c2)nn1. The molecule has 0 radical (unpaired) electrons. The highest BCUT2D eigenvalue weighted by Gasteiger charge is 2.09. The molecular formula is C18H14N6O. The van der Waals surface area contributed by atoms with E-state index in [0.717, 1.165) is 16.6 Å². The number of fused-ring (bicyclic) bond motifs is 1. The highest BCUT2D eigenvalue weighted by molar-refractivity contribution is 6.02. The van der Waals surface area contributed by atoms with Gasteiger partial charge in [0, 0.05) is 16.8 Å². The van der Waals surface area contributed by atoms with E-state index in [9.17, 15) is 4.79 Å². The Bertz CT molecular complexity index is 1010. The zero-order valence-corrected chi connectivity index (χ0v) is 13.1. The number of aromatic amines is 1. The summed E-state index contributed by atoms with van der Waals surface area (Å²) in [5, 5.41) is 21.9. The summed E-state index contributed by atoms with van der Waals surface area (Å²) in [5.41, 5.74) is 2.79. The third-order valence-electron chi connectivity index (χ3n) is 3.64. The Labute approximate surface area is 143 Å². The Morgan fingerprint density at radius 1 is 0.920 bits per heavy atom. The van der Waals surface area contributed by atoms with Crippen LogP contribution in [-0.2, 0) is 0 Å². The fourth-order valence-electron chi connectivity index (χ4n) is 2.41. The Hall–Kier alpha value is -3.74. The number of hydrogen-bond donors (Lipinski definition) is 3. The summed E-state index contributed by atoms with van der Waals surface area (Å²) in [6.07, 6.45) is 1.75. The second-order valence-corrected chi connectivity index (χ2v) is 5.42. The van der Waals surface area contributed by atoms with E-state index in [1.54, 1.807) is 18.3 Å². The van der Waals surface area contributed by atoms with Crippen LogP contribution >= 0.6 is 0 Å². The molecule has 0 aliphatic carbocycles. The van der Waals surface area contributed by atoms with Crippen LogP contribution in [0.1, 0.15) is 10.5 Å². The summed E-state index contributed by atoms with van der Waals surface area (Å²) in [7, 11) is 0. The van der Waals surface area contributed by atoms with Gasteiger partial charge >= 0.3 is 0 Å². The second-order valence-electron chi connectivity index (χ2n) is 5.42. The molecule has 2 heterocycles. The number of nitrogens with one attached hydrogen (secondary N) is 3. The van der Waals surface area contributed by atoms with Crippen LogP contribution in [0.15, 0.2) is 66.9 Å². The molecule has 0 aliphatic rings. The summed E-state index contributed by atoms with van der Waals surface area (Å²) in [6, 6.07) is 18.4. The van der Waals surface area contributed by atoms with Gasteiger partial charge in [-0.15, -0.1) is 10.2 Å². The number of carbonyl (C=O) groups is 1. The number of carbonyl (C=O) groups excluding carboxylic acids is 1. The van der Waals surface area contributed by atoms with Gasteiger partial charge in [0.05, 0.1) is 11.7 Å². The first-order chi connectivity index (χ1) is 12.3. The largest absolute Gasteiger partial charge is 0.339 e. The van der Waals surface area contributed by atoms with Gasteiger partial charge < -0.3 is 10.6 Å². The van der Waals surface area contributed by atoms with Crippen LogP contribution in [0.3, 0.4) is 0 Å². The van der Waals surface area contributed by atoms with Crippen LogP contribution < -0.4 is 10.6 Å². The van der Waals surface area contributed by atoms with Gasteiger partial charge in [0.2, 0.25) is 0 Å². The van der Waals surface area contributed by atoms with Crippen molar-refractivity contribution in [1.82, 2.24) is 20.4 Å². The predicted molar refractivity (Wildman–Crippen MR) is 95.8 cm³/mol. The number of amides is 1. The minimum atomic E-state index is -0.301. The topological polar surface area (TPSA) is 95.6 Å². The lowest BCUT2D eigenvalue weighted by atomic mass is 10.2. The number of benzene rings is 2. The van der Waals surface area contributed by atoms with Crippen LogP contribution in [0.5, 0.6) is 0 Å². The number of H-pyrrole nitrogens is 1. The van der Waals surface area contributed by atoms with Crippen molar-refractivity contribution >= 4 is 34.0 Å². The molecule has 25 heavy (non-hydrogen) atoms. The molecule has 1 amide bonds. The Balaban J connectivity index is 1.46. The van der Waals surface area contributed by atoms with E-state index in [4.69, 9.17) is 0 Å². The number of rotatable bonds is 4. The zero-order valence-electron chi connectivity index (χ0n) is 13.1. The molecule has 0 fully saturated rings. The first-order valence-electron chi connectivity index (χ1n) is 7.68. The monoisotopic (exact) mass is 330 g/mol. The van der Waals surface area contributed by atoms with E-state index >= 15 is 0 Å². The Morgan fingerprint density at radius 2 is 1.80 bits per heavy atom. The third-order valence-corrected chi connectivity index (χ3v) is 3.64. The maximum absolute atomic E-state index is 12.2. The summed E-state index contributed by atoms with van der Waals surface area (Å²) in [6.45, 7) is 0. The van der Waals surface area contributed by atoms with Gasteiger partial charge in [-0.2, -0.15) is 5.10 Å². The molecule has 0 saturated heterocycles. The van der Waals surface area contributed by atoms with E-state index in [1.165, 1.54) is 0 Å². The molecule has 3 N–H and O–H groups in total. The summed E-state index contributed by atoms with van der Waals surface area (Å²) in [4.78, 5) is 12.2. The van der Waals surface area contributed by atoms with Gasteiger partial charge in [-0.3, -0.25) is 9.89 Å². The fourth-order valence-corrected chi connectivity index (χ4v) is 2.41. The van der Waals surface area contributed by atoms with Gasteiger partial charge in [-0.25, -0.2) is 0 Å². The molecule has 2 aromatic heterocycles. The molecule has 0 unspecified atom stereocenters. The molecule has 0 saturated carbocycles. The Morgan fingerprint density at radius 3 is 2.60 bits per heavy atom. The molecular weight excluding hydrogens is 316 g/mol. The van der Waals surface area contributed by atoms with Gasteiger partial charge in [-0.1, -0.05) is 18.2 Å². The fraction of sp³-hybridized carbons (Fsp3) is 0. The molecule has 7 nitrogen and oxygen atoms in total. The molecule has 2 aromatic carbocycles. The van der Waals surface area contributed by atoms with Gasteiger partial charge in [0.25, 0.3) is 5.91 Å². The first-order valence-corrected chi connectivity index (χ1v) is 7.68. The third kappa shape index (κ3) is 3.30. The number of para-hydroxylation sites is 1. The zero-order chi connectivity index (χ0) is 17.1. The first kappa shape index (κ1) is 14.8. The van der Waals surface area contributed by atoms with Crippen molar-refractivity contribution < 1.29 is 4.79 Å². The minimum absolute atomic E-state index is 0.250. The molecule has 0 bridgehead atoms. The molecule has 0 atom stereocenters. The van der Waals surface area contributed by atoms with Crippen LogP contribution in [0.25, 0.3) is 10.9 Å². The van der Waals surface area contributed by atoms with Crippen LogP contribution in [0.4, 0.5) is 17.2 Å². The van der Waals surface area contributed by atoms with Crippen molar-refractivity contribution in [3.8, 4) is 0 Å². The standard InChI is InChI=1S/C18H14N6O/c25-18(21-13-4-2-1-3-5-13)16-8-9-17(24-23-16)20-14-6-7-15-12(10-14)11-19-22-15/h1-11H,(H,19,22)(H,20,24)(H,21,25).